The number of benzene rings is 2. The zero-order chi connectivity index (χ0) is 13.8. The monoisotopic (exact) mass is 261 g/mol. The lowest BCUT2D eigenvalue weighted by Gasteiger charge is -2.08. The number of nitriles is 1. The van der Waals surface area contributed by atoms with Crippen LogP contribution in [0, 0.1) is 23.0 Å². The zero-order valence-corrected chi connectivity index (χ0v) is 9.73. The first-order chi connectivity index (χ1) is 9.13. The third-order valence-electron chi connectivity index (χ3n) is 2.46. The van der Waals surface area contributed by atoms with Crippen molar-refractivity contribution in [3.8, 4) is 17.6 Å². The molecular formula is C14H9F2NO2. The fourth-order valence-corrected chi connectivity index (χ4v) is 1.50. The predicted octanol–water partition coefficient (Wildman–Crippen LogP) is 3.12. The normalized spacial score (nSPS) is 10.0. The van der Waals surface area contributed by atoms with Crippen LogP contribution in [0.4, 0.5) is 8.78 Å². The van der Waals surface area contributed by atoms with E-state index < -0.39 is 11.6 Å². The molecule has 5 heteroatoms. The lowest BCUT2D eigenvalue weighted by molar-refractivity contribution is 0.281. The lowest BCUT2D eigenvalue weighted by atomic mass is 10.2. The van der Waals surface area contributed by atoms with Crippen LogP contribution < -0.4 is 4.74 Å². The number of aliphatic hydroxyl groups excluding tert-OH is 1. The Labute approximate surface area is 108 Å². The summed E-state index contributed by atoms with van der Waals surface area (Å²) < 4.78 is 32.2. The van der Waals surface area contributed by atoms with Crippen molar-refractivity contribution in [2.45, 2.75) is 6.61 Å². The highest BCUT2D eigenvalue weighted by atomic mass is 19.1. The molecule has 0 spiro atoms. The third-order valence-corrected chi connectivity index (χ3v) is 2.46. The molecule has 2 aromatic rings. The minimum absolute atomic E-state index is 0.152. The Morgan fingerprint density at radius 1 is 1.05 bits per heavy atom. The summed E-state index contributed by atoms with van der Waals surface area (Å²) in [5.74, 6) is -1.77. The van der Waals surface area contributed by atoms with Gasteiger partial charge in [-0.1, -0.05) is 6.07 Å². The minimum Gasteiger partial charge on any atom is -0.451 e. The molecular weight excluding hydrogens is 252 g/mol. The van der Waals surface area contributed by atoms with Crippen molar-refractivity contribution in [3.63, 3.8) is 0 Å². The molecule has 2 rings (SSSR count). The van der Waals surface area contributed by atoms with Crippen molar-refractivity contribution in [2.75, 3.05) is 0 Å². The first-order valence-corrected chi connectivity index (χ1v) is 5.41. The van der Waals surface area contributed by atoms with Gasteiger partial charge in [-0.05, 0) is 35.9 Å². The fraction of sp³-hybridized carbons (Fsp3) is 0.0714. The second kappa shape index (κ2) is 5.46. The van der Waals surface area contributed by atoms with Crippen molar-refractivity contribution in [2.24, 2.45) is 0 Å². The number of halogens is 2. The summed E-state index contributed by atoms with van der Waals surface area (Å²) in [6.07, 6.45) is 0. The number of hydrogen-bond acceptors (Lipinski definition) is 3. The number of aliphatic hydroxyl groups is 1. The van der Waals surface area contributed by atoms with Crippen molar-refractivity contribution in [3.05, 3.63) is 59.2 Å². The SMILES string of the molecule is N#Cc1ccc(Oc2ccc(CO)cc2F)c(F)c1. The first kappa shape index (κ1) is 13.0. The van der Waals surface area contributed by atoms with Crippen molar-refractivity contribution in [1.29, 1.82) is 5.26 Å². The average Bonchev–Trinajstić information content (AvgIpc) is 2.42. The summed E-state index contributed by atoms with van der Waals surface area (Å²) >= 11 is 0. The molecule has 96 valence electrons. The maximum atomic E-state index is 13.6. The molecule has 2 aromatic carbocycles. The summed E-state index contributed by atoms with van der Waals surface area (Å²) in [6, 6.07) is 9.31. The van der Waals surface area contributed by atoms with Crippen molar-refractivity contribution in [1.82, 2.24) is 0 Å². The largest absolute Gasteiger partial charge is 0.451 e. The highest BCUT2D eigenvalue weighted by molar-refractivity contribution is 5.39. The molecule has 0 atom stereocenters. The first-order valence-electron chi connectivity index (χ1n) is 5.41. The Morgan fingerprint density at radius 3 is 2.21 bits per heavy atom. The van der Waals surface area contributed by atoms with Gasteiger partial charge in [0.05, 0.1) is 18.2 Å². The van der Waals surface area contributed by atoms with Gasteiger partial charge in [-0.15, -0.1) is 0 Å². The molecule has 0 bridgehead atoms. The molecule has 0 amide bonds. The quantitative estimate of drug-likeness (QED) is 0.923. The number of hydrogen-bond donors (Lipinski definition) is 1. The van der Waals surface area contributed by atoms with Crippen LogP contribution in [0.25, 0.3) is 0 Å². The van der Waals surface area contributed by atoms with Crippen LogP contribution in [0.15, 0.2) is 36.4 Å². The molecule has 1 N–H and O–H groups in total. The van der Waals surface area contributed by atoms with E-state index in [-0.39, 0.29) is 23.7 Å². The van der Waals surface area contributed by atoms with Gasteiger partial charge in [-0.2, -0.15) is 5.26 Å². The van der Waals surface area contributed by atoms with Gasteiger partial charge >= 0.3 is 0 Å². The molecule has 0 saturated carbocycles. The van der Waals surface area contributed by atoms with E-state index in [2.05, 4.69) is 0 Å². The molecule has 19 heavy (non-hydrogen) atoms. The zero-order valence-electron chi connectivity index (χ0n) is 9.73. The van der Waals surface area contributed by atoms with E-state index in [0.717, 1.165) is 12.1 Å². The number of rotatable bonds is 3. The summed E-state index contributed by atoms with van der Waals surface area (Å²) in [7, 11) is 0. The van der Waals surface area contributed by atoms with Gasteiger partial charge in [-0.25, -0.2) is 8.78 Å². The molecule has 0 aliphatic heterocycles. The van der Waals surface area contributed by atoms with E-state index in [4.69, 9.17) is 15.1 Å². The Kier molecular flexibility index (Phi) is 3.74. The van der Waals surface area contributed by atoms with Crippen LogP contribution in [-0.2, 0) is 6.61 Å². The Balaban J connectivity index is 2.29. The van der Waals surface area contributed by atoms with Gasteiger partial charge in [0.2, 0.25) is 0 Å². The molecule has 0 fully saturated rings. The number of nitrogens with zero attached hydrogens (tertiary/aromatic N) is 1. The molecule has 0 saturated heterocycles. The topological polar surface area (TPSA) is 53.2 Å². The highest BCUT2D eigenvalue weighted by Gasteiger charge is 2.10. The summed E-state index contributed by atoms with van der Waals surface area (Å²) in [4.78, 5) is 0. The minimum atomic E-state index is -0.746. The predicted molar refractivity (Wildman–Crippen MR) is 63.5 cm³/mol. The van der Waals surface area contributed by atoms with Gasteiger partial charge in [0.25, 0.3) is 0 Å². The molecule has 0 aromatic heterocycles. The van der Waals surface area contributed by atoms with Crippen LogP contribution in [0.1, 0.15) is 11.1 Å². The second-order valence-corrected chi connectivity index (χ2v) is 3.78. The number of ether oxygens (including phenoxy) is 1. The molecule has 0 aliphatic carbocycles. The van der Waals surface area contributed by atoms with Crippen molar-refractivity contribution < 1.29 is 18.6 Å². The van der Waals surface area contributed by atoms with Crippen molar-refractivity contribution >= 4 is 0 Å². The van der Waals surface area contributed by atoms with Gasteiger partial charge in [0.1, 0.15) is 0 Å². The van der Waals surface area contributed by atoms with E-state index in [0.29, 0.717) is 5.56 Å². The Hall–Kier alpha value is -2.45. The van der Waals surface area contributed by atoms with E-state index >= 15 is 0 Å². The maximum absolute atomic E-state index is 13.6. The molecule has 0 radical (unpaired) electrons. The Bertz CT molecular complexity index is 650. The maximum Gasteiger partial charge on any atom is 0.167 e. The standard InChI is InChI=1S/C14H9F2NO2/c15-11-5-9(7-17)1-3-13(11)19-14-4-2-10(8-18)6-12(14)16/h1-6,18H,8H2. The van der Waals surface area contributed by atoms with E-state index in [1.54, 1.807) is 6.07 Å². The van der Waals surface area contributed by atoms with E-state index in [1.165, 1.54) is 24.3 Å². The van der Waals surface area contributed by atoms with Gasteiger partial charge in [-0.3, -0.25) is 0 Å². The highest BCUT2D eigenvalue weighted by Crippen LogP contribution is 2.27. The molecule has 0 heterocycles. The molecule has 3 nitrogen and oxygen atoms in total. The van der Waals surface area contributed by atoms with Crippen LogP contribution in [0.2, 0.25) is 0 Å². The Morgan fingerprint density at radius 2 is 1.68 bits per heavy atom. The van der Waals surface area contributed by atoms with Crippen LogP contribution >= 0.6 is 0 Å². The van der Waals surface area contributed by atoms with Crippen LogP contribution in [0.5, 0.6) is 11.5 Å². The fourth-order valence-electron chi connectivity index (χ4n) is 1.50. The van der Waals surface area contributed by atoms with Crippen LogP contribution in [-0.4, -0.2) is 5.11 Å². The summed E-state index contributed by atoms with van der Waals surface area (Å²) in [6.45, 7) is -0.289. The van der Waals surface area contributed by atoms with Gasteiger partial charge in [0, 0.05) is 0 Å². The third kappa shape index (κ3) is 2.87. The summed E-state index contributed by atoms with van der Waals surface area (Å²) in [5, 5.41) is 17.4. The second-order valence-electron chi connectivity index (χ2n) is 3.78. The van der Waals surface area contributed by atoms with E-state index in [9.17, 15) is 8.78 Å². The van der Waals surface area contributed by atoms with Gasteiger partial charge in [0.15, 0.2) is 23.1 Å². The van der Waals surface area contributed by atoms with Gasteiger partial charge < -0.3 is 9.84 Å². The smallest absolute Gasteiger partial charge is 0.167 e. The molecule has 0 aliphatic rings. The van der Waals surface area contributed by atoms with Crippen LogP contribution in [0.3, 0.4) is 0 Å². The van der Waals surface area contributed by atoms with E-state index in [1.807, 2.05) is 0 Å². The summed E-state index contributed by atoms with van der Waals surface area (Å²) in [5.41, 5.74) is 0.547. The lowest BCUT2D eigenvalue weighted by Crippen LogP contribution is -1.93. The molecule has 0 unspecified atom stereocenters. The average molecular weight is 261 g/mol.